The molecular formula is C13H18O2. The molecule has 1 aromatic rings. The summed E-state index contributed by atoms with van der Waals surface area (Å²) >= 11 is 0. The van der Waals surface area contributed by atoms with Gasteiger partial charge in [0.15, 0.2) is 0 Å². The summed E-state index contributed by atoms with van der Waals surface area (Å²) in [4.78, 5) is 0. The van der Waals surface area contributed by atoms with E-state index in [1.54, 1.807) is 0 Å². The zero-order chi connectivity index (χ0) is 10.7. The lowest BCUT2D eigenvalue weighted by Crippen LogP contribution is -2.38. The van der Waals surface area contributed by atoms with Crippen LogP contribution in [0.2, 0.25) is 0 Å². The lowest BCUT2D eigenvalue weighted by Gasteiger charge is -2.32. The number of hydrogen-bond donors (Lipinski definition) is 2. The summed E-state index contributed by atoms with van der Waals surface area (Å²) in [5.41, 5.74) is -0.183. The van der Waals surface area contributed by atoms with Gasteiger partial charge >= 0.3 is 0 Å². The normalized spacial score (nSPS) is 32.3. The molecular weight excluding hydrogens is 188 g/mol. The van der Waals surface area contributed by atoms with Gasteiger partial charge in [0.1, 0.15) is 5.60 Å². The highest BCUT2D eigenvalue weighted by atomic mass is 16.3. The van der Waals surface area contributed by atoms with E-state index in [9.17, 15) is 10.2 Å². The fourth-order valence-electron chi connectivity index (χ4n) is 2.38. The van der Waals surface area contributed by atoms with Crippen molar-refractivity contribution in [2.24, 2.45) is 0 Å². The molecule has 2 atom stereocenters. The Morgan fingerprint density at radius 3 is 2.53 bits per heavy atom. The quantitative estimate of drug-likeness (QED) is 0.691. The predicted molar refractivity (Wildman–Crippen MR) is 59.4 cm³/mol. The van der Waals surface area contributed by atoms with Gasteiger partial charge in [-0.1, -0.05) is 49.6 Å². The standard InChI is InChI=1S/C13H18O2/c14-12-9-5-2-6-10-13(12,15)11-7-3-1-4-8-11/h1,3-4,7-8,12,14-15H,2,5-6,9-10H2. The summed E-state index contributed by atoms with van der Waals surface area (Å²) in [7, 11) is 0. The van der Waals surface area contributed by atoms with E-state index in [-0.39, 0.29) is 0 Å². The Labute approximate surface area is 90.6 Å². The average molecular weight is 206 g/mol. The molecule has 0 heterocycles. The zero-order valence-corrected chi connectivity index (χ0v) is 8.89. The third-order valence-corrected chi connectivity index (χ3v) is 3.36. The molecule has 0 saturated heterocycles. The van der Waals surface area contributed by atoms with Crippen LogP contribution in [-0.2, 0) is 5.60 Å². The van der Waals surface area contributed by atoms with Crippen molar-refractivity contribution in [3.63, 3.8) is 0 Å². The van der Waals surface area contributed by atoms with Crippen LogP contribution in [0.15, 0.2) is 30.3 Å². The summed E-state index contributed by atoms with van der Waals surface area (Å²) in [6.07, 6.45) is 3.84. The lowest BCUT2D eigenvalue weighted by molar-refractivity contribution is -0.0845. The van der Waals surface area contributed by atoms with Gasteiger partial charge in [0, 0.05) is 0 Å². The molecule has 1 aromatic carbocycles. The molecule has 2 N–H and O–H groups in total. The van der Waals surface area contributed by atoms with Crippen molar-refractivity contribution in [1.29, 1.82) is 0 Å². The number of hydrogen-bond acceptors (Lipinski definition) is 2. The second kappa shape index (κ2) is 4.33. The molecule has 1 aliphatic rings. The van der Waals surface area contributed by atoms with Gasteiger partial charge in [0.2, 0.25) is 0 Å². The fourth-order valence-corrected chi connectivity index (χ4v) is 2.38. The van der Waals surface area contributed by atoms with Gasteiger partial charge in [0.05, 0.1) is 6.10 Å². The molecule has 1 aliphatic carbocycles. The molecule has 0 radical (unpaired) electrons. The van der Waals surface area contributed by atoms with Crippen LogP contribution in [0.3, 0.4) is 0 Å². The molecule has 0 aromatic heterocycles. The van der Waals surface area contributed by atoms with Crippen molar-refractivity contribution >= 4 is 0 Å². The summed E-state index contributed by atoms with van der Waals surface area (Å²) in [5, 5.41) is 20.6. The van der Waals surface area contributed by atoms with Gasteiger partial charge in [-0.2, -0.15) is 0 Å². The maximum atomic E-state index is 10.5. The smallest absolute Gasteiger partial charge is 0.115 e. The SMILES string of the molecule is OC1CCCCCC1(O)c1ccccc1. The van der Waals surface area contributed by atoms with Crippen LogP contribution in [0.5, 0.6) is 0 Å². The number of aliphatic hydroxyl groups excluding tert-OH is 1. The van der Waals surface area contributed by atoms with E-state index in [0.717, 1.165) is 24.8 Å². The summed E-state index contributed by atoms with van der Waals surface area (Å²) in [6, 6.07) is 9.54. The van der Waals surface area contributed by atoms with Crippen LogP contribution >= 0.6 is 0 Å². The Balaban J connectivity index is 2.30. The van der Waals surface area contributed by atoms with E-state index in [2.05, 4.69) is 0 Å². The van der Waals surface area contributed by atoms with Crippen molar-refractivity contribution in [2.75, 3.05) is 0 Å². The monoisotopic (exact) mass is 206 g/mol. The van der Waals surface area contributed by atoms with E-state index < -0.39 is 11.7 Å². The molecule has 0 bridgehead atoms. The molecule has 2 nitrogen and oxygen atoms in total. The van der Waals surface area contributed by atoms with Crippen molar-refractivity contribution in [3.05, 3.63) is 35.9 Å². The third-order valence-electron chi connectivity index (χ3n) is 3.36. The first-order valence-corrected chi connectivity index (χ1v) is 5.69. The van der Waals surface area contributed by atoms with Crippen LogP contribution in [-0.4, -0.2) is 16.3 Å². The minimum atomic E-state index is -1.03. The largest absolute Gasteiger partial charge is 0.390 e. The molecule has 2 rings (SSSR count). The molecule has 0 amide bonds. The van der Waals surface area contributed by atoms with Crippen molar-refractivity contribution in [1.82, 2.24) is 0 Å². The first-order valence-electron chi connectivity index (χ1n) is 5.69. The third kappa shape index (κ3) is 2.06. The number of benzene rings is 1. The van der Waals surface area contributed by atoms with Crippen LogP contribution in [0.25, 0.3) is 0 Å². The first kappa shape index (κ1) is 10.7. The molecule has 2 heteroatoms. The van der Waals surface area contributed by atoms with Crippen LogP contribution in [0.4, 0.5) is 0 Å². The van der Waals surface area contributed by atoms with Gasteiger partial charge in [-0.3, -0.25) is 0 Å². The molecule has 1 fully saturated rings. The lowest BCUT2D eigenvalue weighted by atomic mass is 9.84. The van der Waals surface area contributed by atoms with Crippen molar-refractivity contribution in [2.45, 2.75) is 43.8 Å². The maximum Gasteiger partial charge on any atom is 0.115 e. The van der Waals surface area contributed by atoms with E-state index >= 15 is 0 Å². The van der Waals surface area contributed by atoms with Crippen molar-refractivity contribution < 1.29 is 10.2 Å². The highest BCUT2D eigenvalue weighted by Gasteiger charge is 2.37. The number of rotatable bonds is 1. The van der Waals surface area contributed by atoms with E-state index in [0.29, 0.717) is 12.8 Å². The molecule has 0 spiro atoms. The van der Waals surface area contributed by atoms with E-state index in [1.807, 2.05) is 30.3 Å². The maximum absolute atomic E-state index is 10.5. The Hall–Kier alpha value is -0.860. The second-order valence-corrected chi connectivity index (χ2v) is 4.41. The Kier molecular flexibility index (Phi) is 3.08. The van der Waals surface area contributed by atoms with Crippen LogP contribution < -0.4 is 0 Å². The van der Waals surface area contributed by atoms with Gasteiger partial charge in [-0.05, 0) is 18.4 Å². The Bertz CT molecular complexity index is 310. The fraction of sp³-hybridized carbons (Fsp3) is 0.538. The molecule has 2 unspecified atom stereocenters. The molecule has 82 valence electrons. The van der Waals surface area contributed by atoms with E-state index in [4.69, 9.17) is 0 Å². The van der Waals surface area contributed by atoms with Gasteiger partial charge in [-0.25, -0.2) is 0 Å². The Morgan fingerprint density at radius 1 is 1.07 bits per heavy atom. The topological polar surface area (TPSA) is 40.5 Å². The number of aliphatic hydroxyl groups is 2. The summed E-state index contributed by atoms with van der Waals surface area (Å²) in [6.45, 7) is 0. The summed E-state index contributed by atoms with van der Waals surface area (Å²) < 4.78 is 0. The average Bonchev–Trinajstić information content (AvgIpc) is 2.44. The minimum Gasteiger partial charge on any atom is -0.390 e. The van der Waals surface area contributed by atoms with Crippen LogP contribution in [0.1, 0.15) is 37.7 Å². The Morgan fingerprint density at radius 2 is 1.80 bits per heavy atom. The summed E-state index contributed by atoms with van der Waals surface area (Å²) in [5.74, 6) is 0. The van der Waals surface area contributed by atoms with Gasteiger partial charge < -0.3 is 10.2 Å². The first-order chi connectivity index (χ1) is 7.23. The molecule has 1 saturated carbocycles. The highest BCUT2D eigenvalue weighted by molar-refractivity contribution is 5.24. The highest BCUT2D eigenvalue weighted by Crippen LogP contribution is 2.35. The zero-order valence-electron chi connectivity index (χ0n) is 8.89. The minimum absolute atomic E-state index is 0.623. The van der Waals surface area contributed by atoms with Gasteiger partial charge in [-0.15, -0.1) is 0 Å². The molecule has 15 heavy (non-hydrogen) atoms. The van der Waals surface area contributed by atoms with Gasteiger partial charge in [0.25, 0.3) is 0 Å². The van der Waals surface area contributed by atoms with Crippen LogP contribution in [0, 0.1) is 0 Å². The predicted octanol–water partition coefficient (Wildman–Crippen LogP) is 2.20. The molecule has 0 aliphatic heterocycles. The second-order valence-electron chi connectivity index (χ2n) is 4.41. The van der Waals surface area contributed by atoms with E-state index in [1.165, 1.54) is 0 Å². The van der Waals surface area contributed by atoms with Crippen molar-refractivity contribution in [3.8, 4) is 0 Å².